The summed E-state index contributed by atoms with van der Waals surface area (Å²) in [5.74, 6) is 0.311. The van der Waals surface area contributed by atoms with Crippen LogP contribution in [-0.2, 0) is 22.5 Å². The number of aromatic nitrogens is 2. The number of benzene rings is 1. The molecule has 9 nitrogen and oxygen atoms in total. The monoisotopic (exact) mass is 450 g/mol. The van der Waals surface area contributed by atoms with Crippen LogP contribution in [0.25, 0.3) is 0 Å². The topological polar surface area (TPSA) is 114 Å². The molecule has 33 heavy (non-hydrogen) atoms. The van der Waals surface area contributed by atoms with Crippen molar-refractivity contribution in [1.82, 2.24) is 14.9 Å². The summed E-state index contributed by atoms with van der Waals surface area (Å²) in [4.78, 5) is 37.9. The minimum Gasteiger partial charge on any atom is -0.444 e. The molecule has 0 spiro atoms. The van der Waals surface area contributed by atoms with Crippen LogP contribution in [0, 0.1) is 0 Å². The molecule has 0 saturated carbocycles. The fraction of sp³-hybridized carbons (Fsp3) is 0.417. The molecule has 9 heteroatoms. The van der Waals surface area contributed by atoms with Crippen LogP contribution in [0.5, 0.6) is 0 Å². The summed E-state index contributed by atoms with van der Waals surface area (Å²) in [5.41, 5.74) is 9.52. The van der Waals surface area contributed by atoms with E-state index in [1.165, 1.54) is 0 Å². The lowest BCUT2D eigenvalue weighted by molar-refractivity contribution is -0.123. The van der Waals surface area contributed by atoms with E-state index < -0.39 is 11.7 Å². The number of rotatable bonds is 3. The van der Waals surface area contributed by atoms with Gasteiger partial charge in [0.1, 0.15) is 11.6 Å². The summed E-state index contributed by atoms with van der Waals surface area (Å²) in [7, 11) is 0. The lowest BCUT2D eigenvalue weighted by Gasteiger charge is -2.40. The number of amides is 2. The summed E-state index contributed by atoms with van der Waals surface area (Å²) in [5, 5.41) is 2.72. The van der Waals surface area contributed by atoms with Gasteiger partial charge < -0.3 is 15.4 Å². The number of anilines is 3. The molecular formula is C24H30N6O3. The Kier molecular flexibility index (Phi) is 6.07. The van der Waals surface area contributed by atoms with E-state index in [2.05, 4.69) is 26.3 Å². The molecule has 1 aromatic carbocycles. The van der Waals surface area contributed by atoms with E-state index in [0.717, 1.165) is 35.5 Å². The van der Waals surface area contributed by atoms with Gasteiger partial charge in [0, 0.05) is 49.2 Å². The molecule has 3 N–H and O–H groups in total. The molecule has 3 heterocycles. The largest absolute Gasteiger partial charge is 0.444 e. The molecule has 0 radical (unpaired) electrons. The Morgan fingerprint density at radius 1 is 1.24 bits per heavy atom. The molecule has 1 atom stereocenters. The van der Waals surface area contributed by atoms with Gasteiger partial charge in [-0.15, -0.1) is 0 Å². The van der Waals surface area contributed by atoms with Crippen molar-refractivity contribution in [3.05, 3.63) is 53.4 Å². The van der Waals surface area contributed by atoms with Gasteiger partial charge >= 0.3 is 6.09 Å². The molecule has 2 amide bonds. The number of carbonyl (C=O) groups excluding carboxylic acids is 2. The van der Waals surface area contributed by atoms with Crippen molar-refractivity contribution in [2.45, 2.75) is 52.3 Å². The van der Waals surface area contributed by atoms with Crippen LogP contribution < -0.4 is 16.0 Å². The van der Waals surface area contributed by atoms with Gasteiger partial charge in [-0.1, -0.05) is 6.08 Å². The van der Waals surface area contributed by atoms with Gasteiger partial charge in [0.05, 0.1) is 5.69 Å². The fourth-order valence-electron chi connectivity index (χ4n) is 4.18. The number of nitrogen functional groups attached to an aromatic ring is 1. The van der Waals surface area contributed by atoms with Crippen LogP contribution in [0.3, 0.4) is 0 Å². The zero-order valence-electron chi connectivity index (χ0n) is 19.5. The van der Waals surface area contributed by atoms with E-state index >= 15 is 0 Å². The molecule has 4 rings (SSSR count). The maximum absolute atomic E-state index is 13.5. The average Bonchev–Trinajstić information content (AvgIpc) is 2.73. The van der Waals surface area contributed by atoms with Crippen molar-refractivity contribution in [3.8, 4) is 0 Å². The molecule has 1 aromatic heterocycles. The van der Waals surface area contributed by atoms with Crippen molar-refractivity contribution >= 4 is 29.3 Å². The third-order valence-electron chi connectivity index (χ3n) is 5.70. The Morgan fingerprint density at radius 2 is 1.97 bits per heavy atom. The first-order valence-electron chi connectivity index (χ1n) is 11.0. The quantitative estimate of drug-likeness (QED) is 0.691. The van der Waals surface area contributed by atoms with E-state index in [1.807, 2.05) is 39.8 Å². The predicted octanol–water partition coefficient (Wildman–Crippen LogP) is 3.13. The normalized spacial score (nSPS) is 19.0. The maximum Gasteiger partial charge on any atom is 0.412 e. The Balaban J connectivity index is 1.47. The van der Waals surface area contributed by atoms with Crippen LogP contribution >= 0.6 is 0 Å². The van der Waals surface area contributed by atoms with Crippen LogP contribution in [0.2, 0.25) is 0 Å². The number of nitrogens with one attached hydrogen (secondary N) is 1. The smallest absolute Gasteiger partial charge is 0.412 e. The number of carbonyl (C=O) groups is 2. The standard InChI is InChI=1S/C24H30N6O3/c1-15-9-12-30(18-7-5-17(6-8-18)27-23(32)33-24(2,3)4)21(31)20(15)29-11-10-19-16(14-29)13-26-22(25)28-19/h5-9,13,20H,10-12,14H2,1-4H3,(H,27,32)(H2,25,26,28). The van der Waals surface area contributed by atoms with E-state index in [-0.39, 0.29) is 17.9 Å². The number of ether oxygens (including phenoxy) is 1. The van der Waals surface area contributed by atoms with Gasteiger partial charge in [0.25, 0.3) is 0 Å². The summed E-state index contributed by atoms with van der Waals surface area (Å²) < 4.78 is 5.29. The van der Waals surface area contributed by atoms with Gasteiger partial charge in [-0.05, 0) is 57.5 Å². The number of fused-ring (bicyclic) bond motifs is 1. The molecule has 2 aliphatic heterocycles. The lowest BCUT2D eigenvalue weighted by Crippen LogP contribution is -2.53. The second-order valence-corrected chi connectivity index (χ2v) is 9.39. The van der Waals surface area contributed by atoms with Crippen LogP contribution in [0.4, 0.5) is 22.1 Å². The maximum atomic E-state index is 13.5. The number of hydrogen-bond donors (Lipinski definition) is 2. The highest BCUT2D eigenvalue weighted by Gasteiger charge is 2.36. The predicted molar refractivity (Wildman–Crippen MR) is 127 cm³/mol. The number of nitrogens with two attached hydrogens (primary N) is 1. The zero-order valence-corrected chi connectivity index (χ0v) is 19.5. The Hall–Kier alpha value is -3.46. The lowest BCUT2D eigenvalue weighted by atomic mass is 9.97. The molecule has 1 unspecified atom stereocenters. The summed E-state index contributed by atoms with van der Waals surface area (Å²) in [6.45, 7) is 9.27. The van der Waals surface area contributed by atoms with Crippen LogP contribution in [0.1, 0.15) is 39.0 Å². The SMILES string of the molecule is CC1=CCN(c2ccc(NC(=O)OC(C)(C)C)cc2)C(=O)C1N1CCc2nc(N)ncc2C1. The summed E-state index contributed by atoms with van der Waals surface area (Å²) >= 11 is 0. The first kappa shape index (κ1) is 22.7. The first-order valence-corrected chi connectivity index (χ1v) is 11.0. The van der Waals surface area contributed by atoms with Crippen LogP contribution in [0.15, 0.2) is 42.1 Å². The third-order valence-corrected chi connectivity index (χ3v) is 5.70. The molecule has 0 saturated heterocycles. The summed E-state index contributed by atoms with van der Waals surface area (Å²) in [6.07, 6.45) is 4.06. The molecule has 174 valence electrons. The van der Waals surface area contributed by atoms with E-state index in [0.29, 0.717) is 18.8 Å². The Morgan fingerprint density at radius 3 is 2.67 bits per heavy atom. The van der Waals surface area contributed by atoms with Crippen LogP contribution in [-0.4, -0.2) is 51.6 Å². The highest BCUT2D eigenvalue weighted by Crippen LogP contribution is 2.28. The second-order valence-electron chi connectivity index (χ2n) is 9.39. The zero-order chi connectivity index (χ0) is 23.8. The molecule has 0 fully saturated rings. The van der Waals surface area contributed by atoms with E-state index in [9.17, 15) is 9.59 Å². The van der Waals surface area contributed by atoms with Gasteiger partial charge in [-0.3, -0.25) is 15.0 Å². The van der Waals surface area contributed by atoms with Gasteiger partial charge in [-0.2, -0.15) is 0 Å². The van der Waals surface area contributed by atoms with Crippen molar-refractivity contribution in [3.63, 3.8) is 0 Å². The first-order chi connectivity index (χ1) is 15.6. The van der Waals surface area contributed by atoms with Crippen molar-refractivity contribution in [2.75, 3.05) is 29.0 Å². The van der Waals surface area contributed by atoms with Gasteiger partial charge in [0.15, 0.2) is 0 Å². The molecular weight excluding hydrogens is 420 g/mol. The average molecular weight is 451 g/mol. The number of nitrogens with zero attached hydrogens (tertiary/aromatic N) is 4. The Labute approximate surface area is 193 Å². The highest BCUT2D eigenvalue weighted by molar-refractivity contribution is 6.00. The molecule has 2 aliphatic rings. The molecule has 0 aliphatic carbocycles. The fourth-order valence-corrected chi connectivity index (χ4v) is 4.18. The van der Waals surface area contributed by atoms with E-state index in [4.69, 9.17) is 10.5 Å². The van der Waals surface area contributed by atoms with E-state index in [1.54, 1.807) is 23.2 Å². The second kappa shape index (κ2) is 8.82. The van der Waals surface area contributed by atoms with Gasteiger partial charge in [0.2, 0.25) is 11.9 Å². The molecule has 2 aromatic rings. The van der Waals surface area contributed by atoms with Crippen molar-refractivity contribution in [2.24, 2.45) is 0 Å². The minimum atomic E-state index is -0.572. The van der Waals surface area contributed by atoms with Crippen molar-refractivity contribution < 1.29 is 14.3 Å². The Bertz CT molecular complexity index is 1090. The van der Waals surface area contributed by atoms with Gasteiger partial charge in [-0.25, -0.2) is 14.8 Å². The molecule has 0 bridgehead atoms. The highest BCUT2D eigenvalue weighted by atomic mass is 16.6. The van der Waals surface area contributed by atoms with Crippen molar-refractivity contribution in [1.29, 1.82) is 0 Å². The minimum absolute atomic E-state index is 0.0302. The summed E-state index contributed by atoms with van der Waals surface area (Å²) in [6, 6.07) is 6.86. The number of hydrogen-bond acceptors (Lipinski definition) is 7. The third kappa shape index (κ3) is 5.14.